The molecule has 27 heavy (non-hydrogen) atoms. The van der Waals surface area contributed by atoms with Gasteiger partial charge in [0.05, 0.1) is 0 Å². The van der Waals surface area contributed by atoms with Crippen LogP contribution in [-0.4, -0.2) is 10.0 Å². The molecule has 0 bridgehead atoms. The third-order valence-corrected chi connectivity index (χ3v) is 4.90. The van der Waals surface area contributed by atoms with Crippen LogP contribution in [0.15, 0.2) is 84.9 Å². The third-order valence-electron chi connectivity index (χ3n) is 4.54. The Labute approximate surface area is 167 Å². The summed E-state index contributed by atoms with van der Waals surface area (Å²) in [4.78, 5) is 2.22. The second kappa shape index (κ2) is 9.33. The van der Waals surface area contributed by atoms with Gasteiger partial charge in [-0.15, -0.1) is 0 Å². The van der Waals surface area contributed by atoms with E-state index in [4.69, 9.17) is 12.2 Å². The van der Waals surface area contributed by atoms with Gasteiger partial charge in [0.2, 0.25) is 0 Å². The molecule has 0 aliphatic rings. The summed E-state index contributed by atoms with van der Waals surface area (Å²) in [5, 5.41) is 4.24. The largest absolute Gasteiger partial charge is 0.340 e. The second-order valence-electron chi connectivity index (χ2n) is 7.00. The maximum Gasteiger partial charge on any atom is 0.174 e. The van der Waals surface area contributed by atoms with Gasteiger partial charge in [0, 0.05) is 18.8 Å². The Bertz CT molecular complexity index is 818. The highest BCUT2D eigenvalue weighted by molar-refractivity contribution is 7.80. The van der Waals surface area contributed by atoms with Crippen LogP contribution in [0.2, 0.25) is 0 Å². The second-order valence-corrected chi connectivity index (χ2v) is 7.39. The van der Waals surface area contributed by atoms with Gasteiger partial charge < -0.3 is 10.2 Å². The molecule has 0 heterocycles. The molecular weight excluding hydrogens is 348 g/mol. The lowest BCUT2D eigenvalue weighted by atomic mass is 10.0. The summed E-state index contributed by atoms with van der Waals surface area (Å²) in [6, 6.07) is 29.3. The smallest absolute Gasteiger partial charge is 0.174 e. The SMILES string of the molecule is CC(C)c1ccccc1NC(=S)N(Cc1ccccc1)Cc1ccccc1. The van der Waals surface area contributed by atoms with Gasteiger partial charge in [0.1, 0.15) is 0 Å². The number of rotatable bonds is 6. The van der Waals surface area contributed by atoms with E-state index in [2.05, 4.69) is 96.9 Å². The van der Waals surface area contributed by atoms with Crippen molar-refractivity contribution in [3.8, 4) is 0 Å². The molecule has 1 N–H and O–H groups in total. The fraction of sp³-hybridized carbons (Fsp3) is 0.208. The van der Waals surface area contributed by atoms with Gasteiger partial charge in [-0.1, -0.05) is 92.7 Å². The van der Waals surface area contributed by atoms with Crippen molar-refractivity contribution < 1.29 is 0 Å². The Morgan fingerprint density at radius 1 is 0.778 bits per heavy atom. The summed E-state index contributed by atoms with van der Waals surface area (Å²) >= 11 is 5.82. The van der Waals surface area contributed by atoms with Crippen LogP contribution in [-0.2, 0) is 13.1 Å². The van der Waals surface area contributed by atoms with Crippen molar-refractivity contribution in [3.05, 3.63) is 102 Å². The zero-order valence-electron chi connectivity index (χ0n) is 15.9. The van der Waals surface area contributed by atoms with Crippen molar-refractivity contribution in [2.45, 2.75) is 32.9 Å². The first-order valence-electron chi connectivity index (χ1n) is 9.36. The first-order chi connectivity index (χ1) is 13.1. The molecule has 0 saturated heterocycles. The Balaban J connectivity index is 1.82. The van der Waals surface area contributed by atoms with E-state index in [1.165, 1.54) is 16.7 Å². The molecule has 3 heteroatoms. The standard InChI is InChI=1S/C24H26N2S/c1-19(2)22-15-9-10-16-23(22)25-24(27)26(17-20-11-5-3-6-12-20)18-21-13-7-4-8-14-21/h3-16,19H,17-18H2,1-2H3,(H,25,27). The quantitative estimate of drug-likeness (QED) is 0.516. The number of nitrogens with one attached hydrogen (secondary N) is 1. The number of benzene rings is 3. The number of hydrogen-bond acceptors (Lipinski definition) is 1. The van der Waals surface area contributed by atoms with Gasteiger partial charge >= 0.3 is 0 Å². The third kappa shape index (κ3) is 5.41. The minimum absolute atomic E-state index is 0.438. The van der Waals surface area contributed by atoms with Crippen LogP contribution >= 0.6 is 12.2 Å². The summed E-state index contributed by atoms with van der Waals surface area (Å²) < 4.78 is 0. The van der Waals surface area contributed by atoms with Crippen LogP contribution in [0.3, 0.4) is 0 Å². The molecule has 0 aromatic heterocycles. The zero-order valence-corrected chi connectivity index (χ0v) is 16.7. The first kappa shape index (κ1) is 19.1. The lowest BCUT2D eigenvalue weighted by Gasteiger charge is -2.27. The van der Waals surface area contributed by atoms with Crippen molar-refractivity contribution in [1.29, 1.82) is 0 Å². The van der Waals surface area contributed by atoms with E-state index < -0.39 is 0 Å². The Kier molecular flexibility index (Phi) is 6.61. The molecule has 0 aliphatic carbocycles. The van der Waals surface area contributed by atoms with E-state index in [0.717, 1.165) is 23.9 Å². The Hall–Kier alpha value is -2.65. The van der Waals surface area contributed by atoms with Crippen LogP contribution in [0.4, 0.5) is 5.69 Å². The molecule has 2 nitrogen and oxygen atoms in total. The highest BCUT2D eigenvalue weighted by atomic mass is 32.1. The molecule has 0 aliphatic heterocycles. The molecule has 0 amide bonds. The van der Waals surface area contributed by atoms with Gasteiger partial charge in [-0.05, 0) is 40.9 Å². The van der Waals surface area contributed by atoms with Crippen LogP contribution < -0.4 is 5.32 Å². The van der Waals surface area contributed by atoms with Crippen molar-refractivity contribution in [3.63, 3.8) is 0 Å². The van der Waals surface area contributed by atoms with Crippen molar-refractivity contribution in [2.75, 3.05) is 5.32 Å². The van der Waals surface area contributed by atoms with Gasteiger partial charge in [-0.2, -0.15) is 0 Å². The van der Waals surface area contributed by atoms with Gasteiger partial charge in [-0.25, -0.2) is 0 Å². The molecule has 0 unspecified atom stereocenters. The molecule has 0 fully saturated rings. The molecule has 0 radical (unpaired) electrons. The fourth-order valence-electron chi connectivity index (χ4n) is 3.12. The Morgan fingerprint density at radius 2 is 1.26 bits per heavy atom. The van der Waals surface area contributed by atoms with E-state index >= 15 is 0 Å². The van der Waals surface area contributed by atoms with Crippen molar-refractivity contribution >= 4 is 23.0 Å². The predicted molar refractivity (Wildman–Crippen MR) is 119 cm³/mol. The molecule has 3 rings (SSSR count). The summed E-state index contributed by atoms with van der Waals surface area (Å²) in [6.45, 7) is 5.95. The number of para-hydroxylation sites is 1. The highest BCUT2D eigenvalue weighted by Crippen LogP contribution is 2.24. The van der Waals surface area contributed by atoms with Crippen molar-refractivity contribution in [2.24, 2.45) is 0 Å². The summed E-state index contributed by atoms with van der Waals surface area (Å²) in [5.41, 5.74) is 4.85. The van der Waals surface area contributed by atoms with Gasteiger partial charge in [0.25, 0.3) is 0 Å². The average Bonchev–Trinajstić information content (AvgIpc) is 2.69. The van der Waals surface area contributed by atoms with E-state index in [-0.39, 0.29) is 0 Å². The van der Waals surface area contributed by atoms with E-state index in [1.54, 1.807) is 0 Å². The van der Waals surface area contributed by atoms with Crippen molar-refractivity contribution in [1.82, 2.24) is 4.90 Å². The lowest BCUT2D eigenvalue weighted by molar-refractivity contribution is 0.413. The molecular formula is C24H26N2S. The molecule has 3 aromatic carbocycles. The molecule has 138 valence electrons. The summed E-state index contributed by atoms with van der Waals surface area (Å²) in [6.07, 6.45) is 0. The summed E-state index contributed by atoms with van der Waals surface area (Å²) in [5.74, 6) is 0.438. The van der Waals surface area contributed by atoms with Crippen LogP contribution in [0.5, 0.6) is 0 Å². The first-order valence-corrected chi connectivity index (χ1v) is 9.77. The minimum Gasteiger partial charge on any atom is -0.340 e. The topological polar surface area (TPSA) is 15.3 Å². The lowest BCUT2D eigenvalue weighted by Crippen LogP contribution is -2.34. The number of thiocarbonyl (C=S) groups is 1. The maximum absolute atomic E-state index is 5.82. The minimum atomic E-state index is 0.438. The number of nitrogens with zero attached hydrogens (tertiary/aromatic N) is 1. The fourth-order valence-corrected chi connectivity index (χ4v) is 3.35. The van der Waals surface area contributed by atoms with E-state index in [9.17, 15) is 0 Å². The maximum atomic E-state index is 5.82. The van der Waals surface area contributed by atoms with Gasteiger partial charge in [-0.3, -0.25) is 0 Å². The van der Waals surface area contributed by atoms with E-state index in [0.29, 0.717) is 5.92 Å². The monoisotopic (exact) mass is 374 g/mol. The number of anilines is 1. The molecule has 0 atom stereocenters. The van der Waals surface area contributed by atoms with Crippen LogP contribution in [0, 0.1) is 0 Å². The van der Waals surface area contributed by atoms with Crippen LogP contribution in [0.25, 0.3) is 0 Å². The number of hydrogen-bond donors (Lipinski definition) is 1. The predicted octanol–water partition coefficient (Wildman–Crippen LogP) is 6.21. The summed E-state index contributed by atoms with van der Waals surface area (Å²) in [7, 11) is 0. The Morgan fingerprint density at radius 3 is 1.78 bits per heavy atom. The molecule has 0 spiro atoms. The van der Waals surface area contributed by atoms with Gasteiger partial charge in [0.15, 0.2) is 5.11 Å². The van der Waals surface area contributed by atoms with E-state index in [1.807, 2.05) is 12.1 Å². The van der Waals surface area contributed by atoms with Crippen LogP contribution in [0.1, 0.15) is 36.5 Å². The zero-order chi connectivity index (χ0) is 19.1. The average molecular weight is 375 g/mol. The molecule has 0 saturated carbocycles. The highest BCUT2D eigenvalue weighted by Gasteiger charge is 2.14. The normalized spacial score (nSPS) is 10.6. The molecule has 3 aromatic rings.